The van der Waals surface area contributed by atoms with Crippen LogP contribution in [0.5, 0.6) is 0 Å². The number of rotatable bonds is 4. The summed E-state index contributed by atoms with van der Waals surface area (Å²) in [5, 5.41) is 13.5. The molecule has 0 aliphatic heterocycles. The molecule has 0 unspecified atom stereocenters. The minimum atomic E-state index is -0.430. The van der Waals surface area contributed by atoms with Gasteiger partial charge < -0.3 is 9.73 Å². The van der Waals surface area contributed by atoms with Gasteiger partial charge in [0.15, 0.2) is 6.39 Å². The van der Waals surface area contributed by atoms with Crippen LogP contribution in [-0.4, -0.2) is 9.91 Å². The van der Waals surface area contributed by atoms with Gasteiger partial charge in [-0.3, -0.25) is 10.1 Å². The van der Waals surface area contributed by atoms with E-state index in [2.05, 4.69) is 10.3 Å². The van der Waals surface area contributed by atoms with Crippen molar-refractivity contribution in [3.63, 3.8) is 0 Å². The van der Waals surface area contributed by atoms with E-state index in [1.807, 2.05) is 0 Å². The van der Waals surface area contributed by atoms with Crippen molar-refractivity contribution in [1.29, 1.82) is 0 Å². The van der Waals surface area contributed by atoms with Gasteiger partial charge in [0, 0.05) is 17.8 Å². The van der Waals surface area contributed by atoms with Crippen molar-refractivity contribution < 1.29 is 9.34 Å². The number of hydrogen-bond donors (Lipinski definition) is 1. The van der Waals surface area contributed by atoms with E-state index in [4.69, 9.17) is 4.42 Å². The summed E-state index contributed by atoms with van der Waals surface area (Å²) in [6, 6.07) is 6.19. The molecule has 0 saturated heterocycles. The second-order valence-electron chi connectivity index (χ2n) is 3.13. The topological polar surface area (TPSA) is 81.2 Å². The highest BCUT2D eigenvalue weighted by Crippen LogP contribution is 2.15. The van der Waals surface area contributed by atoms with Gasteiger partial charge in [-0.15, -0.1) is 0 Å². The van der Waals surface area contributed by atoms with Crippen LogP contribution in [-0.2, 0) is 6.54 Å². The van der Waals surface area contributed by atoms with Crippen LogP contribution >= 0.6 is 0 Å². The van der Waals surface area contributed by atoms with E-state index in [1.54, 1.807) is 18.3 Å². The Morgan fingerprint density at radius 3 is 2.69 bits per heavy atom. The first-order valence-electron chi connectivity index (χ1n) is 4.61. The SMILES string of the molecule is O=[N+]([O-])c1ccc(NCc2cnco2)cc1. The fraction of sp³-hybridized carbons (Fsp3) is 0.100. The lowest BCUT2D eigenvalue weighted by Crippen LogP contribution is -1.98. The van der Waals surface area contributed by atoms with Gasteiger partial charge in [0.2, 0.25) is 0 Å². The van der Waals surface area contributed by atoms with Crippen molar-refractivity contribution in [2.24, 2.45) is 0 Å². The normalized spacial score (nSPS) is 10.0. The van der Waals surface area contributed by atoms with E-state index in [-0.39, 0.29) is 5.69 Å². The lowest BCUT2D eigenvalue weighted by molar-refractivity contribution is -0.384. The summed E-state index contributed by atoms with van der Waals surface area (Å²) in [7, 11) is 0. The minimum Gasteiger partial charge on any atom is -0.447 e. The van der Waals surface area contributed by atoms with Crippen LogP contribution in [0.25, 0.3) is 0 Å². The number of anilines is 1. The molecule has 16 heavy (non-hydrogen) atoms. The molecule has 0 spiro atoms. The maximum atomic E-state index is 10.4. The molecule has 0 bridgehead atoms. The van der Waals surface area contributed by atoms with Gasteiger partial charge in [-0.2, -0.15) is 0 Å². The molecule has 1 heterocycles. The standard InChI is InChI=1S/C10H9N3O3/c14-13(15)9-3-1-8(2-4-9)12-6-10-5-11-7-16-10/h1-5,7,12H,6H2. The average molecular weight is 219 g/mol. The molecular formula is C10H9N3O3. The molecule has 0 fully saturated rings. The minimum absolute atomic E-state index is 0.0743. The lowest BCUT2D eigenvalue weighted by atomic mass is 10.3. The van der Waals surface area contributed by atoms with Gasteiger partial charge >= 0.3 is 0 Å². The number of nitrogens with zero attached hydrogens (tertiary/aromatic N) is 2. The molecule has 6 heteroatoms. The maximum absolute atomic E-state index is 10.4. The third kappa shape index (κ3) is 2.35. The van der Waals surface area contributed by atoms with Crippen LogP contribution < -0.4 is 5.32 Å². The van der Waals surface area contributed by atoms with Crippen LogP contribution in [0.1, 0.15) is 5.76 Å². The fourth-order valence-corrected chi connectivity index (χ4v) is 1.22. The molecule has 6 nitrogen and oxygen atoms in total. The van der Waals surface area contributed by atoms with Crippen LogP contribution in [0, 0.1) is 10.1 Å². The van der Waals surface area contributed by atoms with Gasteiger partial charge in [-0.25, -0.2) is 4.98 Å². The van der Waals surface area contributed by atoms with Crippen molar-refractivity contribution in [2.75, 3.05) is 5.32 Å². The molecule has 0 atom stereocenters. The summed E-state index contributed by atoms with van der Waals surface area (Å²) >= 11 is 0. The van der Waals surface area contributed by atoms with Crippen LogP contribution in [0.4, 0.5) is 11.4 Å². The van der Waals surface area contributed by atoms with Crippen molar-refractivity contribution >= 4 is 11.4 Å². The van der Waals surface area contributed by atoms with Crippen molar-refractivity contribution in [2.45, 2.75) is 6.54 Å². The number of aromatic nitrogens is 1. The average Bonchev–Trinajstić information content (AvgIpc) is 2.80. The number of oxazole rings is 1. The number of hydrogen-bond acceptors (Lipinski definition) is 5. The third-order valence-corrected chi connectivity index (χ3v) is 2.03. The van der Waals surface area contributed by atoms with Gasteiger partial charge in [0.05, 0.1) is 17.7 Å². The van der Waals surface area contributed by atoms with Gasteiger partial charge in [0.1, 0.15) is 5.76 Å². The summed E-state index contributed by atoms with van der Waals surface area (Å²) in [6.45, 7) is 0.498. The third-order valence-electron chi connectivity index (χ3n) is 2.03. The van der Waals surface area contributed by atoms with Crippen LogP contribution in [0.15, 0.2) is 41.3 Å². The summed E-state index contributed by atoms with van der Waals surface area (Å²) in [4.78, 5) is 13.8. The van der Waals surface area contributed by atoms with Crippen molar-refractivity contribution in [3.05, 3.63) is 52.7 Å². The Labute approximate surface area is 91.1 Å². The number of nitrogens with one attached hydrogen (secondary N) is 1. The predicted octanol–water partition coefficient (Wildman–Crippen LogP) is 2.19. The zero-order valence-electron chi connectivity index (χ0n) is 8.29. The largest absolute Gasteiger partial charge is 0.447 e. The van der Waals surface area contributed by atoms with Crippen molar-refractivity contribution in [1.82, 2.24) is 4.98 Å². The Morgan fingerprint density at radius 1 is 1.38 bits per heavy atom. The molecule has 0 radical (unpaired) electrons. The van der Waals surface area contributed by atoms with Crippen LogP contribution in [0.2, 0.25) is 0 Å². The molecule has 0 saturated carbocycles. The number of non-ortho nitro benzene ring substituents is 1. The van der Waals surface area contributed by atoms with Gasteiger partial charge in [-0.05, 0) is 12.1 Å². The highest BCUT2D eigenvalue weighted by molar-refractivity contribution is 5.48. The van der Waals surface area contributed by atoms with E-state index >= 15 is 0 Å². The van der Waals surface area contributed by atoms with E-state index < -0.39 is 4.92 Å². The predicted molar refractivity (Wildman–Crippen MR) is 56.9 cm³/mol. The number of nitro benzene ring substituents is 1. The van der Waals surface area contributed by atoms with E-state index in [9.17, 15) is 10.1 Å². The summed E-state index contributed by atoms with van der Waals surface area (Å²) in [5.41, 5.74) is 0.868. The Balaban J connectivity index is 1.98. The molecule has 2 rings (SSSR count). The van der Waals surface area contributed by atoms with Crippen LogP contribution in [0.3, 0.4) is 0 Å². The summed E-state index contributed by atoms with van der Waals surface area (Å²) < 4.78 is 5.04. The fourth-order valence-electron chi connectivity index (χ4n) is 1.22. The molecule has 2 aromatic rings. The van der Waals surface area contributed by atoms with E-state index in [0.29, 0.717) is 12.3 Å². The Kier molecular flexibility index (Phi) is 2.81. The quantitative estimate of drug-likeness (QED) is 0.629. The monoisotopic (exact) mass is 219 g/mol. The van der Waals surface area contributed by atoms with E-state index in [0.717, 1.165) is 5.69 Å². The Hall–Kier alpha value is -2.37. The molecule has 0 aliphatic rings. The van der Waals surface area contributed by atoms with Crippen molar-refractivity contribution in [3.8, 4) is 0 Å². The Morgan fingerprint density at radius 2 is 2.12 bits per heavy atom. The number of benzene rings is 1. The maximum Gasteiger partial charge on any atom is 0.269 e. The van der Waals surface area contributed by atoms with Gasteiger partial charge in [0.25, 0.3) is 5.69 Å². The second kappa shape index (κ2) is 4.43. The molecule has 1 aromatic carbocycles. The molecule has 0 amide bonds. The molecular weight excluding hydrogens is 210 g/mol. The number of nitro groups is 1. The first-order valence-corrected chi connectivity index (χ1v) is 4.61. The summed E-state index contributed by atoms with van der Waals surface area (Å²) in [5.74, 6) is 0.707. The molecule has 82 valence electrons. The zero-order chi connectivity index (χ0) is 11.4. The molecule has 1 N–H and O–H groups in total. The summed E-state index contributed by atoms with van der Waals surface area (Å²) in [6.07, 6.45) is 2.96. The lowest BCUT2D eigenvalue weighted by Gasteiger charge is -2.02. The highest BCUT2D eigenvalue weighted by atomic mass is 16.6. The highest BCUT2D eigenvalue weighted by Gasteiger charge is 2.03. The van der Waals surface area contributed by atoms with Gasteiger partial charge in [-0.1, -0.05) is 0 Å². The zero-order valence-corrected chi connectivity index (χ0v) is 8.29. The first-order chi connectivity index (χ1) is 7.75. The Bertz CT molecular complexity index is 465. The smallest absolute Gasteiger partial charge is 0.269 e. The molecule has 0 aliphatic carbocycles. The molecule has 1 aromatic heterocycles. The first kappa shape index (κ1) is 10.2. The van der Waals surface area contributed by atoms with E-state index in [1.165, 1.54) is 18.5 Å². The second-order valence-corrected chi connectivity index (χ2v) is 3.13.